The quantitative estimate of drug-likeness (QED) is 0.722. The van der Waals surface area contributed by atoms with Gasteiger partial charge in [0.25, 0.3) is 5.91 Å². The fourth-order valence-electron chi connectivity index (χ4n) is 1.93. The predicted octanol–water partition coefficient (Wildman–Crippen LogP) is -0.0112. The van der Waals surface area contributed by atoms with E-state index in [0.717, 1.165) is 0 Å². The van der Waals surface area contributed by atoms with Gasteiger partial charge >= 0.3 is 0 Å². The number of ether oxygens (including phenoxy) is 1. The van der Waals surface area contributed by atoms with Crippen LogP contribution in [0.2, 0.25) is 0 Å². The number of hydrogen-bond donors (Lipinski definition) is 3. The van der Waals surface area contributed by atoms with Crippen molar-refractivity contribution in [2.24, 2.45) is 0 Å². The highest BCUT2D eigenvalue weighted by molar-refractivity contribution is 7.18. The summed E-state index contributed by atoms with van der Waals surface area (Å²) in [4.78, 5) is 18.6. The number of nitrogens with two attached hydrogens (primary N) is 1. The highest BCUT2D eigenvalue weighted by Crippen LogP contribution is 2.27. The van der Waals surface area contributed by atoms with Gasteiger partial charge in [0, 0.05) is 13.6 Å². The number of aliphatic hydroxyl groups excluding tert-OH is 1. The first-order chi connectivity index (χ1) is 9.06. The second-order valence-corrected chi connectivity index (χ2v) is 5.43. The minimum absolute atomic E-state index is 0.0464. The summed E-state index contributed by atoms with van der Waals surface area (Å²) in [5, 5.41) is 12.6. The van der Waals surface area contributed by atoms with Crippen molar-refractivity contribution in [3.63, 3.8) is 0 Å². The first-order valence-electron chi connectivity index (χ1n) is 6.04. The van der Waals surface area contributed by atoms with Crippen molar-refractivity contribution in [1.82, 2.24) is 9.88 Å². The molecule has 19 heavy (non-hydrogen) atoms. The maximum Gasteiger partial charge on any atom is 0.268 e. The van der Waals surface area contributed by atoms with Gasteiger partial charge in [-0.3, -0.25) is 4.79 Å². The largest absolute Gasteiger partial charge is 0.394 e. The number of aliphatic hydroxyl groups is 1. The Morgan fingerprint density at radius 1 is 1.74 bits per heavy atom. The molecule has 0 aliphatic carbocycles. The van der Waals surface area contributed by atoms with Gasteiger partial charge in [-0.05, 0) is 6.92 Å². The third-order valence-corrected chi connectivity index (χ3v) is 4.11. The molecule has 1 saturated heterocycles. The van der Waals surface area contributed by atoms with Crippen LogP contribution in [0.3, 0.4) is 0 Å². The summed E-state index contributed by atoms with van der Waals surface area (Å²) in [7, 11) is 1.73. The topological polar surface area (TPSA) is 101 Å². The van der Waals surface area contributed by atoms with Crippen LogP contribution in [0.4, 0.5) is 10.9 Å². The Hall–Kier alpha value is -1.38. The van der Waals surface area contributed by atoms with E-state index in [1.54, 1.807) is 11.9 Å². The molecular weight excluding hydrogens is 268 g/mol. The number of nitrogen functional groups attached to an aromatic ring is 1. The molecule has 2 rings (SSSR count). The Bertz CT molecular complexity index is 465. The van der Waals surface area contributed by atoms with Gasteiger partial charge in [0.2, 0.25) is 0 Å². The lowest BCUT2D eigenvalue weighted by Gasteiger charge is -2.37. The van der Waals surface area contributed by atoms with Gasteiger partial charge in [-0.2, -0.15) is 0 Å². The number of rotatable bonds is 3. The Kier molecular flexibility index (Phi) is 4.23. The van der Waals surface area contributed by atoms with E-state index in [0.29, 0.717) is 23.2 Å². The third-order valence-electron chi connectivity index (χ3n) is 3.03. The molecule has 4 N–H and O–H groups in total. The molecule has 0 bridgehead atoms. The summed E-state index contributed by atoms with van der Waals surface area (Å²) >= 11 is 1.23. The van der Waals surface area contributed by atoms with Crippen LogP contribution >= 0.6 is 11.3 Å². The summed E-state index contributed by atoms with van der Waals surface area (Å²) < 4.78 is 5.41. The molecule has 8 heteroatoms. The lowest BCUT2D eigenvalue weighted by atomic mass is 10.2. The molecule has 0 saturated carbocycles. The Morgan fingerprint density at radius 2 is 2.47 bits per heavy atom. The first-order valence-corrected chi connectivity index (χ1v) is 6.86. The summed E-state index contributed by atoms with van der Waals surface area (Å²) in [6, 6.07) is -0.0464. The van der Waals surface area contributed by atoms with Gasteiger partial charge in [0.15, 0.2) is 5.13 Å². The van der Waals surface area contributed by atoms with E-state index in [1.807, 2.05) is 6.92 Å². The number of carbonyl (C=O) groups is 1. The molecular formula is C11H18N4O3S. The number of aromatic nitrogens is 1. The van der Waals surface area contributed by atoms with Crippen LogP contribution in [0.25, 0.3) is 0 Å². The lowest BCUT2D eigenvalue weighted by molar-refractivity contribution is -0.0666. The van der Waals surface area contributed by atoms with Gasteiger partial charge in [0.1, 0.15) is 10.7 Å². The van der Waals surface area contributed by atoms with Crippen LogP contribution in [0.1, 0.15) is 16.6 Å². The number of nitrogens with one attached hydrogen (secondary N) is 1. The van der Waals surface area contributed by atoms with E-state index >= 15 is 0 Å². The normalized spacial score (nSPS) is 23.4. The number of nitrogens with zero attached hydrogens (tertiary/aromatic N) is 2. The van der Waals surface area contributed by atoms with Crippen LogP contribution in [-0.2, 0) is 4.74 Å². The molecule has 7 nitrogen and oxygen atoms in total. The van der Waals surface area contributed by atoms with Gasteiger partial charge in [-0.1, -0.05) is 11.3 Å². The van der Waals surface area contributed by atoms with Crippen molar-refractivity contribution >= 4 is 28.2 Å². The average molecular weight is 286 g/mol. The highest BCUT2D eigenvalue weighted by Gasteiger charge is 2.32. The van der Waals surface area contributed by atoms with Crippen molar-refractivity contribution in [3.05, 3.63) is 4.88 Å². The summed E-state index contributed by atoms with van der Waals surface area (Å²) in [6.07, 6.45) is -0.335. The molecule has 106 valence electrons. The molecule has 1 aromatic rings. The molecule has 0 radical (unpaired) electrons. The maximum absolute atomic E-state index is 12.5. The Labute approximate surface area is 115 Å². The fourth-order valence-corrected chi connectivity index (χ4v) is 2.73. The number of anilines is 2. The smallest absolute Gasteiger partial charge is 0.268 e. The molecule has 1 aromatic heterocycles. The van der Waals surface area contributed by atoms with Crippen LogP contribution in [0, 0.1) is 0 Å². The zero-order valence-corrected chi connectivity index (χ0v) is 11.7. The lowest BCUT2D eigenvalue weighted by Crippen LogP contribution is -2.51. The zero-order valence-electron chi connectivity index (χ0n) is 10.9. The molecule has 1 amide bonds. The van der Waals surface area contributed by atoms with Gasteiger partial charge in [0.05, 0.1) is 25.4 Å². The molecule has 1 aliphatic heterocycles. The van der Waals surface area contributed by atoms with E-state index in [1.165, 1.54) is 11.3 Å². The number of hydrogen-bond acceptors (Lipinski definition) is 7. The van der Waals surface area contributed by atoms with E-state index in [4.69, 9.17) is 15.6 Å². The van der Waals surface area contributed by atoms with E-state index in [9.17, 15) is 4.79 Å². The van der Waals surface area contributed by atoms with E-state index in [2.05, 4.69) is 10.3 Å². The molecule has 2 heterocycles. The third kappa shape index (κ3) is 2.80. The second-order valence-electron chi connectivity index (χ2n) is 4.43. The monoisotopic (exact) mass is 286 g/mol. The Balaban J connectivity index is 2.19. The zero-order chi connectivity index (χ0) is 14.0. The summed E-state index contributed by atoms with van der Waals surface area (Å²) in [5.74, 6) is 0.0735. The molecule has 2 atom stereocenters. The Morgan fingerprint density at radius 3 is 3.05 bits per heavy atom. The number of carbonyl (C=O) groups excluding carboxylic acids is 1. The highest BCUT2D eigenvalue weighted by atomic mass is 32.1. The van der Waals surface area contributed by atoms with Crippen LogP contribution in [0.5, 0.6) is 0 Å². The van der Waals surface area contributed by atoms with E-state index < -0.39 is 0 Å². The molecule has 2 unspecified atom stereocenters. The summed E-state index contributed by atoms with van der Waals surface area (Å²) in [5.41, 5.74) is 5.77. The second kappa shape index (κ2) is 5.72. The van der Waals surface area contributed by atoms with Crippen LogP contribution in [0.15, 0.2) is 0 Å². The van der Waals surface area contributed by atoms with Crippen LogP contribution in [-0.4, -0.2) is 59.8 Å². The van der Waals surface area contributed by atoms with Crippen molar-refractivity contribution in [2.75, 3.05) is 37.9 Å². The fraction of sp³-hybridized carbons (Fsp3) is 0.636. The van der Waals surface area contributed by atoms with E-state index in [-0.39, 0.29) is 30.5 Å². The number of thiazole rings is 1. The average Bonchev–Trinajstić information content (AvgIpc) is 2.80. The van der Waals surface area contributed by atoms with Gasteiger partial charge < -0.3 is 25.8 Å². The first kappa shape index (κ1) is 14.0. The van der Waals surface area contributed by atoms with Crippen molar-refractivity contribution < 1.29 is 14.6 Å². The minimum Gasteiger partial charge on any atom is -0.394 e. The van der Waals surface area contributed by atoms with Crippen molar-refractivity contribution in [2.45, 2.75) is 19.1 Å². The van der Waals surface area contributed by atoms with Crippen LogP contribution < -0.4 is 11.1 Å². The van der Waals surface area contributed by atoms with Crippen molar-refractivity contribution in [3.8, 4) is 0 Å². The minimum atomic E-state index is -0.335. The molecule has 0 aromatic carbocycles. The molecule has 0 spiro atoms. The number of morpholine rings is 1. The van der Waals surface area contributed by atoms with Gasteiger partial charge in [-0.15, -0.1) is 0 Å². The molecule has 1 aliphatic rings. The standard InChI is InChI=1S/C11H18N4O3S/c1-6-5-18-7(4-16)3-15(6)10(17)8-9(12)14-11(13-2)19-8/h6-7,16H,3-5,12H2,1-2H3,(H,13,14). The number of amides is 1. The van der Waals surface area contributed by atoms with Crippen molar-refractivity contribution in [1.29, 1.82) is 0 Å². The van der Waals surface area contributed by atoms with Gasteiger partial charge in [-0.25, -0.2) is 4.98 Å². The maximum atomic E-state index is 12.5. The summed E-state index contributed by atoms with van der Waals surface area (Å²) in [6.45, 7) is 2.58. The predicted molar refractivity (Wildman–Crippen MR) is 73.4 cm³/mol. The SMILES string of the molecule is CNc1nc(N)c(C(=O)N2CC(CO)OCC2C)s1. The molecule has 1 fully saturated rings.